The van der Waals surface area contributed by atoms with Crippen LogP contribution in [-0.2, 0) is 0 Å². The Bertz CT molecular complexity index is 625. The maximum atomic E-state index is 11.2. The van der Waals surface area contributed by atoms with Crippen LogP contribution in [0.1, 0.15) is 34.9 Å². The third-order valence-corrected chi connectivity index (χ3v) is 4.08. The number of aromatic carboxylic acids is 1. The van der Waals surface area contributed by atoms with E-state index in [4.69, 9.17) is 0 Å². The Morgan fingerprint density at radius 3 is 2.67 bits per heavy atom. The molecular formula is C16H19N3O2. The minimum Gasteiger partial charge on any atom is -0.477 e. The molecule has 0 aliphatic carbocycles. The van der Waals surface area contributed by atoms with Crippen LogP contribution in [0.3, 0.4) is 0 Å². The Kier molecular flexibility index (Phi) is 3.64. The van der Waals surface area contributed by atoms with Gasteiger partial charge in [-0.3, -0.25) is 0 Å². The van der Waals surface area contributed by atoms with Crippen LogP contribution in [0.15, 0.2) is 36.7 Å². The van der Waals surface area contributed by atoms with Crippen molar-refractivity contribution in [1.82, 2.24) is 9.55 Å². The van der Waals surface area contributed by atoms with Gasteiger partial charge in [0, 0.05) is 31.5 Å². The summed E-state index contributed by atoms with van der Waals surface area (Å²) in [4.78, 5) is 17.9. The van der Waals surface area contributed by atoms with Gasteiger partial charge in [-0.2, -0.15) is 0 Å². The van der Waals surface area contributed by atoms with Gasteiger partial charge < -0.3 is 14.6 Å². The third-order valence-electron chi connectivity index (χ3n) is 4.08. The fourth-order valence-electron chi connectivity index (χ4n) is 2.91. The van der Waals surface area contributed by atoms with E-state index in [0.29, 0.717) is 5.69 Å². The van der Waals surface area contributed by atoms with E-state index in [0.717, 1.165) is 37.3 Å². The largest absolute Gasteiger partial charge is 0.477 e. The molecular weight excluding hydrogens is 266 g/mol. The normalized spacial score (nSPS) is 16.1. The predicted molar refractivity (Wildman–Crippen MR) is 80.8 cm³/mol. The average Bonchev–Trinajstić information content (AvgIpc) is 2.98. The van der Waals surface area contributed by atoms with Gasteiger partial charge in [0.1, 0.15) is 11.5 Å². The van der Waals surface area contributed by atoms with Crippen molar-refractivity contribution in [2.24, 2.45) is 0 Å². The van der Waals surface area contributed by atoms with Crippen LogP contribution >= 0.6 is 0 Å². The molecule has 1 N–H and O–H groups in total. The summed E-state index contributed by atoms with van der Waals surface area (Å²) < 4.78 is 1.89. The zero-order valence-corrected chi connectivity index (χ0v) is 12.1. The summed E-state index contributed by atoms with van der Waals surface area (Å²) in [5.41, 5.74) is 1.54. The van der Waals surface area contributed by atoms with Gasteiger partial charge >= 0.3 is 5.97 Å². The van der Waals surface area contributed by atoms with Crippen LogP contribution in [0, 0.1) is 6.92 Å². The summed E-state index contributed by atoms with van der Waals surface area (Å²) >= 11 is 0. The summed E-state index contributed by atoms with van der Waals surface area (Å²) in [6, 6.07) is 7.85. The molecule has 0 radical (unpaired) electrons. The topological polar surface area (TPSA) is 58.4 Å². The van der Waals surface area contributed by atoms with E-state index in [1.165, 1.54) is 0 Å². The Morgan fingerprint density at radius 1 is 1.29 bits per heavy atom. The minimum atomic E-state index is -0.859. The van der Waals surface area contributed by atoms with Crippen molar-refractivity contribution in [2.75, 3.05) is 18.0 Å². The van der Waals surface area contributed by atoms with E-state index < -0.39 is 5.97 Å². The highest BCUT2D eigenvalue weighted by molar-refractivity contribution is 5.85. The number of piperidine rings is 1. The van der Waals surface area contributed by atoms with E-state index >= 15 is 0 Å². The molecule has 0 aromatic carbocycles. The molecule has 2 aromatic heterocycles. The fourth-order valence-corrected chi connectivity index (χ4v) is 2.91. The molecule has 5 nitrogen and oxygen atoms in total. The molecule has 2 aromatic rings. The van der Waals surface area contributed by atoms with Crippen LogP contribution in [0.25, 0.3) is 0 Å². The molecule has 1 fully saturated rings. The van der Waals surface area contributed by atoms with Crippen LogP contribution in [0.5, 0.6) is 0 Å². The predicted octanol–water partition coefficient (Wildman–Crippen LogP) is 2.73. The molecule has 0 amide bonds. The summed E-state index contributed by atoms with van der Waals surface area (Å²) in [6.45, 7) is 3.83. The number of carboxylic acids is 1. The summed E-state index contributed by atoms with van der Waals surface area (Å²) in [5, 5.41) is 9.20. The zero-order valence-electron chi connectivity index (χ0n) is 12.1. The Morgan fingerprint density at radius 2 is 2.05 bits per heavy atom. The molecule has 5 heteroatoms. The van der Waals surface area contributed by atoms with Crippen molar-refractivity contribution < 1.29 is 9.90 Å². The van der Waals surface area contributed by atoms with Crippen molar-refractivity contribution in [2.45, 2.75) is 25.8 Å². The lowest BCUT2D eigenvalue weighted by Crippen LogP contribution is -2.35. The number of carbonyl (C=O) groups is 1. The van der Waals surface area contributed by atoms with Gasteiger partial charge in [0.15, 0.2) is 0 Å². The van der Waals surface area contributed by atoms with Crippen molar-refractivity contribution in [3.63, 3.8) is 0 Å². The van der Waals surface area contributed by atoms with Gasteiger partial charge in [0.2, 0.25) is 0 Å². The van der Waals surface area contributed by atoms with E-state index in [2.05, 4.69) is 16.0 Å². The standard InChI is InChI=1S/C16H19N3O2/c1-12-4-5-15(17-11-12)18-9-6-13(7-10-18)19-8-2-3-14(19)16(20)21/h2-5,8,11,13H,6-7,9-10H2,1H3,(H,20,21). The summed E-state index contributed by atoms with van der Waals surface area (Å²) in [5.74, 6) is 0.146. The molecule has 0 saturated carbocycles. The maximum Gasteiger partial charge on any atom is 0.352 e. The second-order valence-corrected chi connectivity index (χ2v) is 5.52. The molecule has 0 unspecified atom stereocenters. The molecule has 21 heavy (non-hydrogen) atoms. The second kappa shape index (κ2) is 5.60. The summed E-state index contributed by atoms with van der Waals surface area (Å²) in [6.07, 6.45) is 5.62. The Labute approximate surface area is 123 Å². The molecule has 110 valence electrons. The van der Waals surface area contributed by atoms with Crippen molar-refractivity contribution in [3.8, 4) is 0 Å². The number of pyridine rings is 1. The lowest BCUT2D eigenvalue weighted by Gasteiger charge is -2.34. The molecule has 0 bridgehead atoms. The van der Waals surface area contributed by atoms with Gasteiger partial charge in [-0.25, -0.2) is 9.78 Å². The van der Waals surface area contributed by atoms with Crippen molar-refractivity contribution in [3.05, 3.63) is 47.9 Å². The quantitative estimate of drug-likeness (QED) is 0.942. The number of anilines is 1. The first-order valence-corrected chi connectivity index (χ1v) is 7.23. The van der Waals surface area contributed by atoms with E-state index in [1.807, 2.05) is 30.0 Å². The van der Waals surface area contributed by atoms with E-state index in [-0.39, 0.29) is 6.04 Å². The number of aryl methyl sites for hydroxylation is 1. The van der Waals surface area contributed by atoms with Gasteiger partial charge in [0.25, 0.3) is 0 Å². The van der Waals surface area contributed by atoms with Crippen LogP contribution in [0.2, 0.25) is 0 Å². The van der Waals surface area contributed by atoms with Gasteiger partial charge in [0.05, 0.1) is 0 Å². The monoisotopic (exact) mass is 285 g/mol. The maximum absolute atomic E-state index is 11.2. The molecule has 0 atom stereocenters. The summed E-state index contributed by atoms with van der Waals surface area (Å²) in [7, 11) is 0. The van der Waals surface area contributed by atoms with Gasteiger partial charge in [-0.15, -0.1) is 0 Å². The van der Waals surface area contributed by atoms with Crippen LogP contribution in [-0.4, -0.2) is 33.7 Å². The lowest BCUT2D eigenvalue weighted by molar-refractivity contribution is 0.0681. The molecule has 3 heterocycles. The zero-order chi connectivity index (χ0) is 14.8. The SMILES string of the molecule is Cc1ccc(N2CCC(n3cccc3C(=O)O)CC2)nc1. The van der Waals surface area contributed by atoms with Gasteiger partial charge in [-0.1, -0.05) is 6.07 Å². The number of aromatic nitrogens is 2. The van der Waals surface area contributed by atoms with Crippen molar-refractivity contribution in [1.29, 1.82) is 0 Å². The first-order valence-electron chi connectivity index (χ1n) is 7.23. The molecule has 1 aliphatic rings. The smallest absolute Gasteiger partial charge is 0.352 e. The molecule has 1 saturated heterocycles. The molecule has 1 aliphatic heterocycles. The third kappa shape index (κ3) is 2.77. The number of nitrogens with zero attached hydrogens (tertiary/aromatic N) is 3. The lowest BCUT2D eigenvalue weighted by atomic mass is 10.0. The Balaban J connectivity index is 1.69. The highest BCUT2D eigenvalue weighted by Gasteiger charge is 2.23. The first kappa shape index (κ1) is 13.7. The highest BCUT2D eigenvalue weighted by Crippen LogP contribution is 2.27. The molecule has 3 rings (SSSR count). The van der Waals surface area contributed by atoms with Crippen molar-refractivity contribution >= 4 is 11.8 Å². The Hall–Kier alpha value is -2.30. The fraction of sp³-hybridized carbons (Fsp3) is 0.375. The first-order chi connectivity index (χ1) is 10.1. The van der Waals surface area contributed by atoms with E-state index in [9.17, 15) is 9.90 Å². The van der Waals surface area contributed by atoms with Crippen LogP contribution in [0.4, 0.5) is 5.82 Å². The van der Waals surface area contributed by atoms with Gasteiger partial charge in [-0.05, 0) is 43.5 Å². The molecule has 0 spiro atoms. The minimum absolute atomic E-state index is 0.257. The van der Waals surface area contributed by atoms with E-state index in [1.54, 1.807) is 12.1 Å². The van der Waals surface area contributed by atoms with Crippen LogP contribution < -0.4 is 4.90 Å². The number of carboxylic acid groups (broad SMARTS) is 1. The average molecular weight is 285 g/mol. The number of hydrogen-bond donors (Lipinski definition) is 1. The number of rotatable bonds is 3. The highest BCUT2D eigenvalue weighted by atomic mass is 16.4. The number of hydrogen-bond acceptors (Lipinski definition) is 3. The second-order valence-electron chi connectivity index (χ2n) is 5.52.